The Hall–Kier alpha value is -3.24. The van der Waals surface area contributed by atoms with Gasteiger partial charge < -0.3 is 0 Å². The minimum absolute atomic E-state index is 0.165. The third kappa shape index (κ3) is 4.28. The first-order chi connectivity index (χ1) is 14.1. The summed E-state index contributed by atoms with van der Waals surface area (Å²) in [5.41, 5.74) is 5.14. The van der Waals surface area contributed by atoms with Crippen LogP contribution in [0.1, 0.15) is 12.5 Å². The molecule has 0 aliphatic rings. The van der Waals surface area contributed by atoms with Crippen LogP contribution in [0.5, 0.6) is 0 Å². The number of nitrogens with zero attached hydrogens (tertiary/aromatic N) is 2. The van der Waals surface area contributed by atoms with Crippen molar-refractivity contribution in [1.29, 1.82) is 0 Å². The van der Waals surface area contributed by atoms with Crippen molar-refractivity contribution in [3.63, 3.8) is 0 Å². The van der Waals surface area contributed by atoms with Gasteiger partial charge in [0.15, 0.2) is 0 Å². The molecule has 1 heterocycles. The van der Waals surface area contributed by atoms with Crippen molar-refractivity contribution in [1.82, 2.24) is 4.68 Å². The lowest BCUT2D eigenvalue weighted by atomic mass is 10.0. The van der Waals surface area contributed by atoms with Gasteiger partial charge in [-0.1, -0.05) is 88.7 Å². The largest absolute Gasteiger partial charge is 0.272 e. The summed E-state index contributed by atoms with van der Waals surface area (Å²) in [4.78, 5) is 13.1. The molecule has 0 fully saturated rings. The molecule has 1 aromatic heterocycles. The normalized spacial score (nSPS) is 11.4. The second kappa shape index (κ2) is 8.41. The highest BCUT2D eigenvalue weighted by Gasteiger charge is 2.11. The summed E-state index contributed by atoms with van der Waals surface area (Å²) in [7, 11) is 0. The minimum atomic E-state index is -0.165. The monoisotopic (exact) mass is 442 g/mol. The first-order valence-corrected chi connectivity index (χ1v) is 10.1. The van der Waals surface area contributed by atoms with Crippen molar-refractivity contribution in [3.05, 3.63) is 117 Å². The summed E-state index contributed by atoms with van der Waals surface area (Å²) in [6.45, 7) is 1.91. The van der Waals surface area contributed by atoms with Gasteiger partial charge in [0, 0.05) is 16.1 Å². The van der Waals surface area contributed by atoms with Gasteiger partial charge in [0.2, 0.25) is 0 Å². The minimum Gasteiger partial charge on any atom is -0.267 e. The van der Waals surface area contributed by atoms with E-state index in [-0.39, 0.29) is 5.56 Å². The molecule has 3 nitrogen and oxygen atoms in total. The fraction of sp³-hybridized carbons (Fsp3) is 0.0400. The SMILES string of the molecule is C/C(=N\n1c(-c2ccccc2)cc(-c2ccccc2)cc1=O)c1ccc(Br)cc1. The van der Waals surface area contributed by atoms with Crippen LogP contribution in [0.2, 0.25) is 0 Å². The van der Waals surface area contributed by atoms with Crippen LogP contribution in [0.4, 0.5) is 0 Å². The third-order valence-corrected chi connectivity index (χ3v) is 5.23. The van der Waals surface area contributed by atoms with Gasteiger partial charge in [0.1, 0.15) is 0 Å². The van der Waals surface area contributed by atoms with E-state index in [1.165, 1.54) is 4.68 Å². The van der Waals surface area contributed by atoms with Gasteiger partial charge in [0.05, 0.1) is 11.4 Å². The fourth-order valence-electron chi connectivity index (χ4n) is 3.18. The third-order valence-electron chi connectivity index (χ3n) is 4.70. The fourth-order valence-corrected chi connectivity index (χ4v) is 3.44. The van der Waals surface area contributed by atoms with Gasteiger partial charge in [-0.3, -0.25) is 4.79 Å². The zero-order valence-corrected chi connectivity index (χ0v) is 17.5. The smallest absolute Gasteiger partial charge is 0.267 e. The van der Waals surface area contributed by atoms with E-state index >= 15 is 0 Å². The standard InChI is InChI=1S/C25H19BrN2O/c1-18(19-12-14-23(26)15-13-19)27-28-24(21-10-6-3-7-11-21)16-22(17-25(28)29)20-8-4-2-5-9-20/h2-17H,1H3/b27-18+. The van der Waals surface area contributed by atoms with Crippen LogP contribution < -0.4 is 5.56 Å². The second-order valence-corrected chi connectivity index (χ2v) is 7.62. The zero-order chi connectivity index (χ0) is 20.2. The van der Waals surface area contributed by atoms with Gasteiger partial charge in [-0.25, -0.2) is 0 Å². The number of benzene rings is 3. The molecule has 0 spiro atoms. The highest BCUT2D eigenvalue weighted by molar-refractivity contribution is 9.10. The van der Waals surface area contributed by atoms with Crippen molar-refractivity contribution in [2.75, 3.05) is 0 Å². The Balaban J connectivity index is 1.90. The molecule has 0 bridgehead atoms. The highest BCUT2D eigenvalue weighted by Crippen LogP contribution is 2.25. The van der Waals surface area contributed by atoms with Crippen LogP contribution in [0.25, 0.3) is 22.4 Å². The molecule has 0 aliphatic carbocycles. The van der Waals surface area contributed by atoms with Crippen molar-refractivity contribution in [3.8, 4) is 22.4 Å². The first-order valence-electron chi connectivity index (χ1n) is 9.31. The molecular formula is C25H19BrN2O. The Bertz CT molecular complexity index is 1210. The maximum absolute atomic E-state index is 13.1. The summed E-state index contributed by atoms with van der Waals surface area (Å²) in [6.07, 6.45) is 0. The number of hydrogen-bond acceptors (Lipinski definition) is 2. The van der Waals surface area contributed by atoms with E-state index in [9.17, 15) is 4.79 Å². The molecule has 0 aliphatic heterocycles. The number of rotatable bonds is 4. The van der Waals surface area contributed by atoms with E-state index in [2.05, 4.69) is 21.0 Å². The van der Waals surface area contributed by atoms with E-state index in [1.807, 2.05) is 97.9 Å². The average molecular weight is 443 g/mol. The molecule has 0 unspecified atom stereocenters. The van der Waals surface area contributed by atoms with E-state index in [0.717, 1.165) is 38.1 Å². The van der Waals surface area contributed by atoms with Gasteiger partial charge in [-0.2, -0.15) is 9.78 Å². The van der Waals surface area contributed by atoms with E-state index in [4.69, 9.17) is 0 Å². The summed E-state index contributed by atoms with van der Waals surface area (Å²) < 4.78 is 2.49. The molecule has 0 saturated carbocycles. The molecule has 0 atom stereocenters. The first kappa shape index (κ1) is 19.1. The maximum Gasteiger partial charge on any atom is 0.272 e. The topological polar surface area (TPSA) is 34.4 Å². The lowest BCUT2D eigenvalue weighted by Gasteiger charge is -2.12. The number of pyridine rings is 1. The molecule has 0 saturated heterocycles. The summed E-state index contributed by atoms with van der Waals surface area (Å²) in [5.74, 6) is 0. The molecule has 0 amide bonds. The predicted octanol–water partition coefficient (Wildman–Crippen LogP) is 6.22. The van der Waals surface area contributed by atoms with E-state index < -0.39 is 0 Å². The molecule has 4 aromatic rings. The number of aromatic nitrogens is 1. The van der Waals surface area contributed by atoms with Crippen LogP contribution in [0.15, 0.2) is 111 Å². The van der Waals surface area contributed by atoms with Gasteiger partial charge >= 0.3 is 0 Å². The lowest BCUT2D eigenvalue weighted by molar-refractivity contribution is 0.837. The quantitative estimate of drug-likeness (QED) is 0.345. The van der Waals surface area contributed by atoms with E-state index in [1.54, 1.807) is 6.07 Å². The van der Waals surface area contributed by atoms with Gasteiger partial charge in [-0.15, -0.1) is 0 Å². The van der Waals surface area contributed by atoms with Gasteiger partial charge in [-0.05, 0) is 41.8 Å². The predicted molar refractivity (Wildman–Crippen MR) is 123 cm³/mol. The average Bonchev–Trinajstić information content (AvgIpc) is 2.76. The molecule has 0 N–H and O–H groups in total. The zero-order valence-electron chi connectivity index (χ0n) is 15.9. The molecule has 3 aromatic carbocycles. The summed E-state index contributed by atoms with van der Waals surface area (Å²) >= 11 is 3.45. The summed E-state index contributed by atoms with van der Waals surface area (Å²) in [5, 5.41) is 4.68. The Morgan fingerprint density at radius 3 is 1.97 bits per heavy atom. The highest BCUT2D eigenvalue weighted by atomic mass is 79.9. The molecule has 4 heteroatoms. The number of halogens is 1. The Morgan fingerprint density at radius 1 is 0.759 bits per heavy atom. The lowest BCUT2D eigenvalue weighted by Crippen LogP contribution is -2.19. The molecule has 0 radical (unpaired) electrons. The Kier molecular flexibility index (Phi) is 5.54. The van der Waals surface area contributed by atoms with Crippen molar-refractivity contribution in [2.24, 2.45) is 5.10 Å². The van der Waals surface area contributed by atoms with Gasteiger partial charge in [0.25, 0.3) is 5.56 Å². The van der Waals surface area contributed by atoms with Crippen LogP contribution in [0, 0.1) is 0 Å². The van der Waals surface area contributed by atoms with Crippen LogP contribution in [-0.2, 0) is 0 Å². The van der Waals surface area contributed by atoms with Crippen molar-refractivity contribution < 1.29 is 0 Å². The molecule has 142 valence electrons. The molecule has 29 heavy (non-hydrogen) atoms. The second-order valence-electron chi connectivity index (χ2n) is 6.70. The Morgan fingerprint density at radius 2 is 1.34 bits per heavy atom. The molecule has 4 rings (SSSR count). The van der Waals surface area contributed by atoms with Crippen molar-refractivity contribution >= 4 is 21.6 Å². The number of hydrogen-bond donors (Lipinski definition) is 0. The summed E-state index contributed by atoms with van der Waals surface area (Å²) in [6, 6.07) is 31.3. The van der Waals surface area contributed by atoms with Crippen molar-refractivity contribution in [2.45, 2.75) is 6.92 Å². The van der Waals surface area contributed by atoms with Crippen LogP contribution in [0.3, 0.4) is 0 Å². The van der Waals surface area contributed by atoms with Crippen LogP contribution in [-0.4, -0.2) is 10.4 Å². The van der Waals surface area contributed by atoms with Crippen LogP contribution >= 0.6 is 15.9 Å². The molecular weight excluding hydrogens is 424 g/mol. The maximum atomic E-state index is 13.1. The van der Waals surface area contributed by atoms with E-state index in [0.29, 0.717) is 0 Å². The Labute approximate surface area is 178 Å².